The second-order valence-electron chi connectivity index (χ2n) is 3.37. The first-order valence-electron chi connectivity index (χ1n) is 4.99. The van der Waals surface area contributed by atoms with E-state index in [1.165, 1.54) is 24.3 Å². The summed E-state index contributed by atoms with van der Waals surface area (Å²) in [6, 6.07) is 7.47. The van der Waals surface area contributed by atoms with Crippen molar-refractivity contribution in [2.75, 3.05) is 0 Å². The number of hydrazone groups is 1. The van der Waals surface area contributed by atoms with E-state index in [0.29, 0.717) is 11.3 Å². The van der Waals surface area contributed by atoms with E-state index >= 15 is 0 Å². The summed E-state index contributed by atoms with van der Waals surface area (Å²) in [4.78, 5) is 21.0. The normalized spacial score (nSPS) is 10.6. The molecule has 92 valence electrons. The summed E-state index contributed by atoms with van der Waals surface area (Å²) < 4.78 is 0. The SMILES string of the molecule is CC(=NNC(=O)CC#N)c1ccc([N+](=O)[O-])cc1. The molecule has 0 aromatic heterocycles. The summed E-state index contributed by atoms with van der Waals surface area (Å²) in [7, 11) is 0. The van der Waals surface area contributed by atoms with Crippen LogP contribution in [0.2, 0.25) is 0 Å². The molecule has 1 aromatic rings. The number of benzene rings is 1. The number of rotatable bonds is 4. The second-order valence-corrected chi connectivity index (χ2v) is 3.37. The van der Waals surface area contributed by atoms with E-state index in [9.17, 15) is 14.9 Å². The van der Waals surface area contributed by atoms with Crippen LogP contribution in [0.4, 0.5) is 5.69 Å². The molecule has 1 N–H and O–H groups in total. The molecule has 0 spiro atoms. The molecule has 0 aliphatic rings. The Kier molecular flexibility index (Phi) is 4.51. The zero-order valence-electron chi connectivity index (χ0n) is 9.58. The zero-order valence-corrected chi connectivity index (χ0v) is 9.58. The van der Waals surface area contributed by atoms with Crippen molar-refractivity contribution < 1.29 is 9.72 Å². The molecule has 0 unspecified atom stereocenters. The summed E-state index contributed by atoms with van der Waals surface area (Å²) in [5.74, 6) is -0.501. The van der Waals surface area contributed by atoms with Crippen LogP contribution < -0.4 is 5.43 Å². The maximum absolute atomic E-state index is 11.0. The Hall–Kier alpha value is -2.75. The number of nitrogens with zero attached hydrogens (tertiary/aromatic N) is 3. The van der Waals surface area contributed by atoms with Crippen LogP contribution in [0, 0.1) is 21.4 Å². The van der Waals surface area contributed by atoms with E-state index in [-0.39, 0.29) is 12.1 Å². The summed E-state index contributed by atoms with van der Waals surface area (Å²) in [6.07, 6.45) is -0.267. The smallest absolute Gasteiger partial charge is 0.269 e. The van der Waals surface area contributed by atoms with Crippen molar-refractivity contribution in [2.24, 2.45) is 5.10 Å². The third-order valence-electron chi connectivity index (χ3n) is 2.08. The lowest BCUT2D eigenvalue weighted by atomic mass is 10.1. The van der Waals surface area contributed by atoms with Gasteiger partial charge in [-0.15, -0.1) is 0 Å². The Morgan fingerprint density at radius 2 is 2.11 bits per heavy atom. The van der Waals surface area contributed by atoms with E-state index in [4.69, 9.17) is 5.26 Å². The van der Waals surface area contributed by atoms with Gasteiger partial charge in [-0.1, -0.05) is 0 Å². The minimum atomic E-state index is -0.501. The van der Waals surface area contributed by atoms with Crippen LogP contribution >= 0.6 is 0 Å². The van der Waals surface area contributed by atoms with Crippen molar-refractivity contribution in [1.29, 1.82) is 5.26 Å². The van der Waals surface area contributed by atoms with Crippen molar-refractivity contribution in [3.8, 4) is 6.07 Å². The second kappa shape index (κ2) is 6.10. The third kappa shape index (κ3) is 3.68. The highest BCUT2D eigenvalue weighted by Gasteiger charge is 2.05. The molecular weight excluding hydrogens is 236 g/mol. The monoisotopic (exact) mass is 246 g/mol. The number of nitro benzene ring substituents is 1. The maximum atomic E-state index is 11.0. The standard InChI is InChI=1S/C11H10N4O3/c1-8(13-14-11(16)6-7-12)9-2-4-10(5-3-9)15(17)18/h2-5H,6H2,1H3,(H,14,16). The van der Waals surface area contributed by atoms with Gasteiger partial charge in [-0.05, 0) is 24.6 Å². The lowest BCUT2D eigenvalue weighted by molar-refractivity contribution is -0.384. The Labute approximate surface area is 103 Å². The number of nitrogens with one attached hydrogen (secondary N) is 1. The topological polar surface area (TPSA) is 108 Å². The zero-order chi connectivity index (χ0) is 13.5. The van der Waals surface area contributed by atoms with Gasteiger partial charge < -0.3 is 0 Å². The lowest BCUT2D eigenvalue weighted by Crippen LogP contribution is -2.18. The minimum Gasteiger partial charge on any atom is -0.272 e. The maximum Gasteiger partial charge on any atom is 0.269 e. The molecule has 7 nitrogen and oxygen atoms in total. The fourth-order valence-corrected chi connectivity index (χ4v) is 1.15. The molecule has 0 saturated heterocycles. The number of carbonyl (C=O) groups excluding carboxylic acids is 1. The molecule has 7 heteroatoms. The highest BCUT2D eigenvalue weighted by atomic mass is 16.6. The number of nitriles is 1. The van der Waals surface area contributed by atoms with Crippen molar-refractivity contribution in [2.45, 2.75) is 13.3 Å². The molecule has 0 aliphatic carbocycles. The highest BCUT2D eigenvalue weighted by Crippen LogP contribution is 2.12. The molecule has 1 aromatic carbocycles. The van der Waals surface area contributed by atoms with Crippen LogP contribution in [0.25, 0.3) is 0 Å². The van der Waals surface area contributed by atoms with Gasteiger partial charge in [0.1, 0.15) is 6.42 Å². The number of carbonyl (C=O) groups is 1. The van der Waals surface area contributed by atoms with E-state index < -0.39 is 10.8 Å². The average molecular weight is 246 g/mol. The van der Waals surface area contributed by atoms with Crippen molar-refractivity contribution in [3.05, 3.63) is 39.9 Å². The van der Waals surface area contributed by atoms with Gasteiger partial charge in [0.2, 0.25) is 0 Å². The van der Waals surface area contributed by atoms with Crippen molar-refractivity contribution >= 4 is 17.3 Å². The molecule has 0 bridgehead atoms. The number of non-ortho nitro benzene ring substituents is 1. The molecule has 0 radical (unpaired) electrons. The molecule has 0 saturated carbocycles. The average Bonchev–Trinajstić information content (AvgIpc) is 2.36. The molecule has 18 heavy (non-hydrogen) atoms. The number of hydrogen-bond acceptors (Lipinski definition) is 5. The van der Waals surface area contributed by atoms with Gasteiger partial charge >= 0.3 is 0 Å². The predicted molar refractivity (Wildman–Crippen MR) is 63.7 cm³/mol. The predicted octanol–water partition coefficient (Wildman–Crippen LogP) is 1.35. The molecule has 1 amide bonds. The third-order valence-corrected chi connectivity index (χ3v) is 2.08. The number of hydrogen-bond donors (Lipinski definition) is 1. The van der Waals surface area contributed by atoms with E-state index in [0.717, 1.165) is 0 Å². The Bertz CT molecular complexity index is 528. The summed E-state index contributed by atoms with van der Waals surface area (Å²) >= 11 is 0. The summed E-state index contributed by atoms with van der Waals surface area (Å²) in [6.45, 7) is 1.65. The van der Waals surface area contributed by atoms with Gasteiger partial charge in [-0.3, -0.25) is 14.9 Å². The quantitative estimate of drug-likeness (QED) is 0.491. The number of amides is 1. The molecule has 0 heterocycles. The first-order valence-corrected chi connectivity index (χ1v) is 4.99. The molecule has 0 aliphatic heterocycles. The van der Waals surface area contributed by atoms with Crippen LogP contribution in [0.1, 0.15) is 18.9 Å². The fourth-order valence-electron chi connectivity index (χ4n) is 1.15. The fraction of sp³-hybridized carbons (Fsp3) is 0.182. The minimum absolute atomic E-state index is 0.0138. The largest absolute Gasteiger partial charge is 0.272 e. The van der Waals surface area contributed by atoms with Crippen molar-refractivity contribution in [1.82, 2.24) is 5.43 Å². The van der Waals surface area contributed by atoms with Gasteiger partial charge in [0.15, 0.2) is 0 Å². The summed E-state index contributed by atoms with van der Waals surface area (Å²) in [5.41, 5.74) is 3.35. The van der Waals surface area contributed by atoms with Gasteiger partial charge in [-0.25, -0.2) is 5.43 Å². The first kappa shape index (κ1) is 13.3. The van der Waals surface area contributed by atoms with E-state index in [1.807, 2.05) is 0 Å². The summed E-state index contributed by atoms with van der Waals surface area (Å²) in [5, 5.41) is 22.5. The van der Waals surface area contributed by atoms with E-state index in [2.05, 4.69) is 10.5 Å². The number of nitro groups is 1. The van der Waals surface area contributed by atoms with Crippen molar-refractivity contribution in [3.63, 3.8) is 0 Å². The van der Waals surface area contributed by atoms with Crippen LogP contribution in [0.15, 0.2) is 29.4 Å². The van der Waals surface area contributed by atoms with Gasteiger partial charge in [0.05, 0.1) is 16.7 Å². The molecule has 0 atom stereocenters. The van der Waals surface area contributed by atoms with Crippen LogP contribution in [-0.4, -0.2) is 16.5 Å². The van der Waals surface area contributed by atoms with Crippen LogP contribution in [0.3, 0.4) is 0 Å². The van der Waals surface area contributed by atoms with Gasteiger partial charge in [0, 0.05) is 12.1 Å². The van der Waals surface area contributed by atoms with E-state index in [1.54, 1.807) is 13.0 Å². The molecular formula is C11H10N4O3. The Morgan fingerprint density at radius 1 is 1.50 bits per heavy atom. The highest BCUT2D eigenvalue weighted by molar-refractivity contribution is 5.99. The van der Waals surface area contributed by atoms with Crippen LogP contribution in [-0.2, 0) is 4.79 Å². The molecule has 0 fully saturated rings. The van der Waals surface area contributed by atoms with Gasteiger partial charge in [0.25, 0.3) is 11.6 Å². The Morgan fingerprint density at radius 3 is 2.61 bits per heavy atom. The lowest BCUT2D eigenvalue weighted by Gasteiger charge is -2.01. The Balaban J connectivity index is 2.75. The van der Waals surface area contributed by atoms with Crippen LogP contribution in [0.5, 0.6) is 0 Å². The first-order chi connectivity index (χ1) is 8.54. The molecule has 1 rings (SSSR count). The van der Waals surface area contributed by atoms with Gasteiger partial charge in [-0.2, -0.15) is 10.4 Å².